The smallest absolute Gasteiger partial charge is 0.227 e. The molecule has 0 saturated carbocycles. The fourth-order valence-corrected chi connectivity index (χ4v) is 4.88. The highest BCUT2D eigenvalue weighted by Crippen LogP contribution is 2.43. The van der Waals surface area contributed by atoms with Crippen molar-refractivity contribution in [1.82, 2.24) is 4.90 Å². The molecule has 1 aliphatic rings. The monoisotopic (exact) mass is 428 g/mol. The largest absolute Gasteiger partial charge is 0.508 e. The minimum Gasteiger partial charge on any atom is -0.508 e. The van der Waals surface area contributed by atoms with Crippen LogP contribution in [0.1, 0.15) is 37.3 Å². The summed E-state index contributed by atoms with van der Waals surface area (Å²) in [6.45, 7) is 4.74. The van der Waals surface area contributed by atoms with Gasteiger partial charge in [-0.05, 0) is 54.7 Å². The summed E-state index contributed by atoms with van der Waals surface area (Å²) in [6, 6.07) is 28.0. The summed E-state index contributed by atoms with van der Waals surface area (Å²) in [6.07, 6.45) is 3.11. The van der Waals surface area contributed by atoms with E-state index in [9.17, 15) is 9.90 Å². The highest BCUT2D eigenvalue weighted by Gasteiger charge is 2.44. The van der Waals surface area contributed by atoms with Crippen LogP contribution in [0.2, 0.25) is 0 Å². The van der Waals surface area contributed by atoms with E-state index in [2.05, 4.69) is 41.3 Å². The molecule has 3 aromatic rings. The number of carbonyl (C=O) groups is 1. The summed E-state index contributed by atoms with van der Waals surface area (Å²) in [5.74, 6) is 0.350. The predicted molar refractivity (Wildman–Crippen MR) is 130 cm³/mol. The summed E-state index contributed by atoms with van der Waals surface area (Å²) >= 11 is 0. The molecule has 1 fully saturated rings. The minimum atomic E-state index is -0.476. The molecule has 166 valence electrons. The van der Waals surface area contributed by atoms with Crippen LogP contribution in [0.5, 0.6) is 5.75 Å². The zero-order valence-electron chi connectivity index (χ0n) is 18.8. The number of piperidine rings is 1. The van der Waals surface area contributed by atoms with Crippen molar-refractivity contribution in [2.45, 2.75) is 38.1 Å². The first-order valence-corrected chi connectivity index (χ1v) is 11.6. The second kappa shape index (κ2) is 10.0. The Bertz CT molecular complexity index is 1010. The van der Waals surface area contributed by atoms with Gasteiger partial charge in [-0.25, -0.2) is 0 Å². The molecule has 0 unspecified atom stereocenters. The van der Waals surface area contributed by atoms with Crippen LogP contribution in [0, 0.1) is 0 Å². The number of nitrogens with zero attached hydrogens (tertiary/aromatic N) is 2. The molecule has 0 atom stereocenters. The molecule has 0 spiro atoms. The summed E-state index contributed by atoms with van der Waals surface area (Å²) in [5, 5.41) is 10.3. The van der Waals surface area contributed by atoms with Crippen molar-refractivity contribution >= 4 is 11.6 Å². The van der Waals surface area contributed by atoms with Crippen LogP contribution >= 0.6 is 0 Å². The maximum absolute atomic E-state index is 13.3. The van der Waals surface area contributed by atoms with Gasteiger partial charge in [0.2, 0.25) is 5.91 Å². The second-order valence-electron chi connectivity index (χ2n) is 8.58. The van der Waals surface area contributed by atoms with Gasteiger partial charge in [-0.2, -0.15) is 0 Å². The Kier molecular flexibility index (Phi) is 6.91. The number of hydrogen-bond acceptors (Lipinski definition) is 3. The molecule has 3 aromatic carbocycles. The van der Waals surface area contributed by atoms with Crippen LogP contribution in [0.3, 0.4) is 0 Å². The molecule has 1 saturated heterocycles. The Morgan fingerprint density at radius 1 is 0.938 bits per heavy atom. The normalized spacial score (nSPS) is 15.9. The Labute approximate surface area is 191 Å². The lowest BCUT2D eigenvalue weighted by atomic mass is 9.78. The number of carbonyl (C=O) groups excluding carboxylic acids is 1. The number of phenols is 1. The topological polar surface area (TPSA) is 43.8 Å². The van der Waals surface area contributed by atoms with Crippen LogP contribution in [-0.2, 0) is 16.8 Å². The number of anilines is 1. The average molecular weight is 429 g/mol. The predicted octanol–water partition coefficient (Wildman–Crippen LogP) is 5.37. The van der Waals surface area contributed by atoms with Crippen molar-refractivity contribution in [1.29, 1.82) is 0 Å². The van der Waals surface area contributed by atoms with E-state index in [-0.39, 0.29) is 11.7 Å². The third-order valence-electron chi connectivity index (χ3n) is 6.62. The van der Waals surface area contributed by atoms with Gasteiger partial charge in [-0.15, -0.1) is 0 Å². The maximum Gasteiger partial charge on any atom is 0.227 e. The molecule has 1 aliphatic heterocycles. The number of phenolic OH excluding ortho intramolecular Hbond substituents is 1. The van der Waals surface area contributed by atoms with E-state index in [4.69, 9.17) is 0 Å². The molecular weight excluding hydrogens is 396 g/mol. The van der Waals surface area contributed by atoms with Crippen LogP contribution in [0.4, 0.5) is 5.69 Å². The average Bonchev–Trinajstić information content (AvgIpc) is 2.85. The zero-order valence-corrected chi connectivity index (χ0v) is 18.8. The van der Waals surface area contributed by atoms with Crippen molar-refractivity contribution < 1.29 is 9.90 Å². The van der Waals surface area contributed by atoms with Gasteiger partial charge in [-0.3, -0.25) is 4.79 Å². The molecule has 4 nitrogen and oxygen atoms in total. The number of para-hydroxylation sites is 1. The summed E-state index contributed by atoms with van der Waals surface area (Å²) in [4.78, 5) is 17.8. The van der Waals surface area contributed by atoms with Crippen LogP contribution < -0.4 is 4.90 Å². The Morgan fingerprint density at radius 3 is 2.22 bits per heavy atom. The lowest BCUT2D eigenvalue weighted by molar-refractivity contribution is -0.120. The van der Waals surface area contributed by atoms with Crippen molar-refractivity contribution in [3.05, 3.63) is 96.1 Å². The van der Waals surface area contributed by atoms with Crippen molar-refractivity contribution in [2.75, 3.05) is 24.5 Å². The van der Waals surface area contributed by atoms with Gasteiger partial charge < -0.3 is 14.9 Å². The van der Waals surface area contributed by atoms with Crippen LogP contribution in [-0.4, -0.2) is 35.5 Å². The summed E-state index contributed by atoms with van der Waals surface area (Å²) in [7, 11) is 0. The van der Waals surface area contributed by atoms with E-state index < -0.39 is 5.54 Å². The van der Waals surface area contributed by atoms with Crippen molar-refractivity contribution in [3.8, 4) is 5.75 Å². The minimum absolute atomic E-state index is 0.109. The highest BCUT2D eigenvalue weighted by atomic mass is 16.3. The fourth-order valence-electron chi connectivity index (χ4n) is 4.88. The van der Waals surface area contributed by atoms with E-state index in [1.54, 1.807) is 6.07 Å². The van der Waals surface area contributed by atoms with Gasteiger partial charge in [0.05, 0.1) is 5.54 Å². The molecule has 1 heterocycles. The molecule has 4 rings (SSSR count). The van der Waals surface area contributed by atoms with Gasteiger partial charge in [-0.1, -0.05) is 67.6 Å². The summed E-state index contributed by atoms with van der Waals surface area (Å²) < 4.78 is 0. The van der Waals surface area contributed by atoms with E-state index in [1.807, 2.05) is 54.3 Å². The van der Waals surface area contributed by atoms with Crippen LogP contribution in [0.25, 0.3) is 0 Å². The van der Waals surface area contributed by atoms with Gasteiger partial charge in [0.1, 0.15) is 5.75 Å². The Hall–Kier alpha value is -3.11. The maximum atomic E-state index is 13.3. The fraction of sp³-hybridized carbons (Fsp3) is 0.321. The molecule has 0 aliphatic carbocycles. The first-order chi connectivity index (χ1) is 15.6. The number of likely N-dealkylation sites (tertiary alicyclic amines) is 1. The number of amides is 1. The number of aromatic hydroxyl groups is 1. The van der Waals surface area contributed by atoms with E-state index in [0.29, 0.717) is 6.42 Å². The van der Waals surface area contributed by atoms with Gasteiger partial charge in [0, 0.05) is 31.7 Å². The molecule has 1 N–H and O–H groups in total. The molecule has 1 amide bonds. The van der Waals surface area contributed by atoms with Crippen molar-refractivity contribution in [3.63, 3.8) is 0 Å². The molecule has 0 bridgehead atoms. The van der Waals surface area contributed by atoms with E-state index in [0.717, 1.165) is 50.1 Å². The first-order valence-electron chi connectivity index (χ1n) is 11.6. The molecule has 0 aromatic heterocycles. The Balaban J connectivity index is 1.63. The number of rotatable bonds is 7. The van der Waals surface area contributed by atoms with Gasteiger partial charge >= 0.3 is 0 Å². The SMILES string of the molecule is CCC(=O)N(c1ccccc1)C1(c2cccc(O)c2)CCN(CCc2ccccc2)CC1. The van der Waals surface area contributed by atoms with E-state index in [1.165, 1.54) is 5.56 Å². The quantitative estimate of drug-likeness (QED) is 0.550. The molecule has 0 radical (unpaired) electrons. The van der Waals surface area contributed by atoms with Crippen molar-refractivity contribution in [2.24, 2.45) is 0 Å². The third kappa shape index (κ3) is 4.71. The molecular formula is C28H32N2O2. The second-order valence-corrected chi connectivity index (χ2v) is 8.58. The van der Waals surface area contributed by atoms with Crippen LogP contribution in [0.15, 0.2) is 84.9 Å². The lowest BCUT2D eigenvalue weighted by Crippen LogP contribution is -2.56. The van der Waals surface area contributed by atoms with E-state index >= 15 is 0 Å². The lowest BCUT2D eigenvalue weighted by Gasteiger charge is -2.49. The highest BCUT2D eigenvalue weighted by molar-refractivity contribution is 5.95. The third-order valence-corrected chi connectivity index (χ3v) is 6.62. The standard InChI is InChI=1S/C28H32N2O2/c1-2-27(32)30(25-13-7-4-8-14-25)28(24-12-9-15-26(31)22-24)17-20-29(21-18-28)19-16-23-10-5-3-6-11-23/h3-15,22,31H,2,16-21H2,1H3. The Morgan fingerprint density at radius 2 is 1.59 bits per heavy atom. The van der Waals surface area contributed by atoms with Gasteiger partial charge in [0.15, 0.2) is 0 Å². The molecule has 32 heavy (non-hydrogen) atoms. The summed E-state index contributed by atoms with van der Waals surface area (Å²) in [5.41, 5.74) is 2.80. The first kappa shape index (κ1) is 22.1. The molecule has 4 heteroatoms. The van der Waals surface area contributed by atoms with Gasteiger partial charge in [0.25, 0.3) is 0 Å². The zero-order chi connectivity index (χ0) is 22.4. The number of hydrogen-bond donors (Lipinski definition) is 1. The number of benzene rings is 3.